The number of hydrogen-bond donors (Lipinski definition) is 1. The van der Waals surface area contributed by atoms with Crippen molar-refractivity contribution in [2.24, 2.45) is 11.1 Å². The number of likely N-dealkylation sites (tertiary alicyclic amines) is 1. The summed E-state index contributed by atoms with van der Waals surface area (Å²) < 4.78 is 0. The van der Waals surface area contributed by atoms with Crippen molar-refractivity contribution in [3.8, 4) is 0 Å². The van der Waals surface area contributed by atoms with Crippen molar-refractivity contribution < 1.29 is 0 Å². The van der Waals surface area contributed by atoms with E-state index in [4.69, 9.17) is 5.73 Å². The van der Waals surface area contributed by atoms with Crippen LogP contribution in [0.3, 0.4) is 0 Å². The summed E-state index contributed by atoms with van der Waals surface area (Å²) in [6, 6.07) is 1.20. The van der Waals surface area contributed by atoms with Gasteiger partial charge >= 0.3 is 0 Å². The summed E-state index contributed by atoms with van der Waals surface area (Å²) in [6.45, 7) is 7.15. The average Bonchev–Trinajstić information content (AvgIpc) is 2.23. The summed E-state index contributed by atoms with van der Waals surface area (Å²) in [4.78, 5) is 2.60. The summed E-state index contributed by atoms with van der Waals surface area (Å²) >= 11 is 0. The lowest BCUT2D eigenvalue weighted by molar-refractivity contribution is 0.0367. The molecule has 2 rings (SSSR count). The minimum Gasteiger partial charge on any atom is -0.327 e. The molecule has 0 amide bonds. The van der Waals surface area contributed by atoms with Gasteiger partial charge in [-0.15, -0.1) is 0 Å². The molecule has 0 aromatic heterocycles. The summed E-state index contributed by atoms with van der Waals surface area (Å²) in [5, 5.41) is 0. The molecule has 1 atom stereocenters. The molecule has 1 unspecified atom stereocenters. The van der Waals surface area contributed by atoms with Crippen LogP contribution in [-0.4, -0.2) is 30.1 Å². The molecule has 2 heteroatoms. The molecule has 88 valence electrons. The average molecular weight is 210 g/mol. The van der Waals surface area contributed by atoms with E-state index in [0.717, 1.165) is 0 Å². The highest BCUT2D eigenvalue weighted by molar-refractivity contribution is 4.96. The first-order valence-corrected chi connectivity index (χ1v) is 6.64. The third-order valence-electron chi connectivity index (χ3n) is 4.75. The number of rotatable bonds is 1. The van der Waals surface area contributed by atoms with Gasteiger partial charge in [0.2, 0.25) is 0 Å². The molecule has 1 aliphatic heterocycles. The van der Waals surface area contributed by atoms with E-state index in [2.05, 4.69) is 18.7 Å². The molecule has 0 bridgehead atoms. The van der Waals surface area contributed by atoms with Gasteiger partial charge in [0, 0.05) is 12.1 Å². The Balaban J connectivity index is 1.95. The van der Waals surface area contributed by atoms with Gasteiger partial charge in [0.15, 0.2) is 0 Å². The van der Waals surface area contributed by atoms with Gasteiger partial charge in [0.1, 0.15) is 0 Å². The Hall–Kier alpha value is -0.0800. The lowest BCUT2D eigenvalue weighted by Gasteiger charge is -2.48. The third kappa shape index (κ3) is 2.21. The molecule has 0 aromatic carbocycles. The van der Waals surface area contributed by atoms with E-state index >= 15 is 0 Å². The Labute approximate surface area is 94.2 Å². The van der Waals surface area contributed by atoms with Crippen molar-refractivity contribution in [2.75, 3.05) is 13.1 Å². The number of nitrogens with zero attached hydrogens (tertiary/aromatic N) is 1. The molecule has 0 aromatic rings. The van der Waals surface area contributed by atoms with E-state index in [-0.39, 0.29) is 0 Å². The molecule has 2 nitrogen and oxygen atoms in total. The van der Waals surface area contributed by atoms with E-state index in [1.807, 2.05) is 0 Å². The Morgan fingerprint density at radius 2 is 1.80 bits per heavy atom. The quantitative estimate of drug-likeness (QED) is 0.720. The predicted octanol–water partition coefficient (Wildman–Crippen LogP) is 2.38. The van der Waals surface area contributed by atoms with Gasteiger partial charge in [-0.25, -0.2) is 0 Å². The first kappa shape index (κ1) is 11.4. The molecule has 1 saturated heterocycles. The van der Waals surface area contributed by atoms with Crippen LogP contribution in [0.5, 0.6) is 0 Å². The second-order valence-electron chi connectivity index (χ2n) is 5.84. The van der Waals surface area contributed by atoms with Crippen LogP contribution in [0.1, 0.15) is 52.4 Å². The topological polar surface area (TPSA) is 29.3 Å². The van der Waals surface area contributed by atoms with Crippen molar-refractivity contribution in [1.29, 1.82) is 0 Å². The monoisotopic (exact) mass is 210 g/mol. The fourth-order valence-corrected chi connectivity index (χ4v) is 3.44. The summed E-state index contributed by atoms with van der Waals surface area (Å²) in [5.74, 6) is 0. The number of nitrogens with two attached hydrogens (primary N) is 1. The zero-order valence-corrected chi connectivity index (χ0v) is 10.3. The van der Waals surface area contributed by atoms with Crippen LogP contribution in [-0.2, 0) is 0 Å². The molecule has 2 aliphatic rings. The highest BCUT2D eigenvalue weighted by Crippen LogP contribution is 2.43. The zero-order chi connectivity index (χ0) is 10.9. The van der Waals surface area contributed by atoms with E-state index in [0.29, 0.717) is 17.5 Å². The molecule has 1 spiro atoms. The fourth-order valence-electron chi connectivity index (χ4n) is 3.44. The summed E-state index contributed by atoms with van der Waals surface area (Å²) in [5.41, 5.74) is 6.86. The maximum absolute atomic E-state index is 6.35. The maximum Gasteiger partial charge on any atom is 0.00965 e. The van der Waals surface area contributed by atoms with Crippen LogP contribution >= 0.6 is 0 Å². The number of hydrogen-bond acceptors (Lipinski definition) is 2. The van der Waals surface area contributed by atoms with Gasteiger partial charge in [0.05, 0.1) is 0 Å². The van der Waals surface area contributed by atoms with Crippen LogP contribution in [0.25, 0.3) is 0 Å². The number of piperidine rings is 1. The minimum absolute atomic E-state index is 0.487. The smallest absolute Gasteiger partial charge is 0.00965 e. The van der Waals surface area contributed by atoms with Gasteiger partial charge in [-0.3, -0.25) is 0 Å². The molecular weight excluding hydrogens is 184 g/mol. The lowest BCUT2D eigenvalue weighted by Crippen LogP contribution is -2.52. The van der Waals surface area contributed by atoms with E-state index in [1.165, 1.54) is 51.6 Å². The Kier molecular flexibility index (Phi) is 3.36. The fraction of sp³-hybridized carbons (Fsp3) is 1.00. The van der Waals surface area contributed by atoms with Gasteiger partial charge in [-0.1, -0.05) is 12.8 Å². The molecule has 2 fully saturated rings. The lowest BCUT2D eigenvalue weighted by atomic mass is 9.65. The van der Waals surface area contributed by atoms with Crippen LogP contribution in [0.4, 0.5) is 0 Å². The Morgan fingerprint density at radius 1 is 1.13 bits per heavy atom. The first-order valence-electron chi connectivity index (χ1n) is 6.64. The molecule has 15 heavy (non-hydrogen) atoms. The van der Waals surface area contributed by atoms with Crippen LogP contribution < -0.4 is 5.73 Å². The standard InChI is InChI=1S/C13H26N2/c1-11(2)15-9-7-13(8-10-15)6-4-3-5-12(13)14/h11-12H,3-10,14H2,1-2H3. The molecule has 1 heterocycles. The van der Waals surface area contributed by atoms with Gasteiger partial charge in [0.25, 0.3) is 0 Å². The van der Waals surface area contributed by atoms with Gasteiger partial charge < -0.3 is 10.6 Å². The maximum atomic E-state index is 6.35. The normalized spacial score (nSPS) is 32.4. The highest BCUT2D eigenvalue weighted by Gasteiger charge is 2.41. The van der Waals surface area contributed by atoms with E-state index in [9.17, 15) is 0 Å². The molecule has 1 aliphatic carbocycles. The van der Waals surface area contributed by atoms with E-state index in [1.54, 1.807) is 0 Å². The third-order valence-corrected chi connectivity index (χ3v) is 4.75. The summed E-state index contributed by atoms with van der Waals surface area (Å²) in [6.07, 6.45) is 8.10. The van der Waals surface area contributed by atoms with Crippen molar-refractivity contribution in [3.63, 3.8) is 0 Å². The Bertz CT molecular complexity index is 205. The molecule has 0 radical (unpaired) electrons. The second-order valence-corrected chi connectivity index (χ2v) is 5.84. The minimum atomic E-state index is 0.487. The van der Waals surface area contributed by atoms with Crippen LogP contribution in [0, 0.1) is 5.41 Å². The van der Waals surface area contributed by atoms with Crippen molar-refractivity contribution in [2.45, 2.75) is 64.5 Å². The first-order chi connectivity index (χ1) is 7.14. The largest absolute Gasteiger partial charge is 0.327 e. The Morgan fingerprint density at radius 3 is 2.33 bits per heavy atom. The SMILES string of the molecule is CC(C)N1CCC2(CCCCC2N)CC1. The van der Waals surface area contributed by atoms with E-state index < -0.39 is 0 Å². The van der Waals surface area contributed by atoms with Crippen molar-refractivity contribution in [1.82, 2.24) is 4.90 Å². The molecular formula is C13H26N2. The van der Waals surface area contributed by atoms with Gasteiger partial charge in [-0.05, 0) is 58.0 Å². The second kappa shape index (κ2) is 4.42. The molecule has 2 N–H and O–H groups in total. The summed E-state index contributed by atoms with van der Waals surface area (Å²) in [7, 11) is 0. The van der Waals surface area contributed by atoms with Crippen LogP contribution in [0.15, 0.2) is 0 Å². The zero-order valence-electron chi connectivity index (χ0n) is 10.3. The van der Waals surface area contributed by atoms with Crippen molar-refractivity contribution >= 4 is 0 Å². The van der Waals surface area contributed by atoms with Crippen LogP contribution in [0.2, 0.25) is 0 Å². The van der Waals surface area contributed by atoms with Gasteiger partial charge in [-0.2, -0.15) is 0 Å². The van der Waals surface area contributed by atoms with Crippen molar-refractivity contribution in [3.05, 3.63) is 0 Å². The highest BCUT2D eigenvalue weighted by atomic mass is 15.2. The molecule has 1 saturated carbocycles. The predicted molar refractivity (Wildman–Crippen MR) is 64.8 cm³/mol.